The number of nitrogens with two attached hydrogens (primary N) is 1. The fourth-order valence-electron chi connectivity index (χ4n) is 1.40. The van der Waals surface area contributed by atoms with E-state index in [2.05, 4.69) is 21.6 Å². The maximum Gasteiger partial charge on any atom is 0.148 e. The quantitative estimate of drug-likeness (QED) is 0.838. The summed E-state index contributed by atoms with van der Waals surface area (Å²) in [6.07, 6.45) is 0. The second-order valence-electron chi connectivity index (χ2n) is 3.36. The average molecular weight is 223 g/mol. The minimum atomic E-state index is 0.562. The lowest BCUT2D eigenvalue weighted by molar-refractivity contribution is 0.185. The first-order valence-corrected chi connectivity index (χ1v) is 5.47. The van der Waals surface area contributed by atoms with Crippen molar-refractivity contribution in [3.63, 3.8) is 0 Å². The van der Waals surface area contributed by atoms with Crippen molar-refractivity contribution < 1.29 is 4.74 Å². The number of thiophene rings is 1. The Kier molecular flexibility index (Phi) is 2.75. The van der Waals surface area contributed by atoms with Gasteiger partial charge in [-0.3, -0.25) is 5.10 Å². The molecule has 2 aromatic rings. The minimum absolute atomic E-state index is 0.562. The average Bonchev–Trinajstić information content (AvgIpc) is 2.77. The standard InChI is InChI=1S/C10H13N3OS/c1-6-9(12-13-10(6)11)8-3-7(4-14-2)5-15-8/h3,5H,4H2,1-2H3,(H3,11,12,13). The van der Waals surface area contributed by atoms with Gasteiger partial charge in [-0.05, 0) is 23.9 Å². The molecule has 0 amide bonds. The first kappa shape index (κ1) is 10.2. The predicted octanol–water partition coefficient (Wildman–Crippen LogP) is 2.18. The normalized spacial score (nSPS) is 10.8. The fraction of sp³-hybridized carbons (Fsp3) is 0.300. The molecule has 0 radical (unpaired) electrons. The zero-order chi connectivity index (χ0) is 10.8. The number of nitrogens with one attached hydrogen (secondary N) is 1. The highest BCUT2D eigenvalue weighted by molar-refractivity contribution is 7.13. The molecule has 15 heavy (non-hydrogen) atoms. The van der Waals surface area contributed by atoms with E-state index < -0.39 is 0 Å². The molecule has 80 valence electrons. The van der Waals surface area contributed by atoms with Crippen molar-refractivity contribution in [1.82, 2.24) is 10.2 Å². The molecule has 0 saturated heterocycles. The second-order valence-corrected chi connectivity index (χ2v) is 4.27. The Bertz CT molecular complexity index is 461. The number of hydrogen-bond acceptors (Lipinski definition) is 4. The van der Waals surface area contributed by atoms with Crippen LogP contribution < -0.4 is 5.73 Å². The maximum atomic E-state index is 5.68. The number of methoxy groups -OCH3 is 1. The Morgan fingerprint density at radius 1 is 1.60 bits per heavy atom. The second kappa shape index (κ2) is 4.04. The number of anilines is 1. The molecule has 0 aliphatic rings. The lowest BCUT2D eigenvalue weighted by Gasteiger charge is -1.94. The minimum Gasteiger partial charge on any atom is -0.382 e. The van der Waals surface area contributed by atoms with E-state index in [0.717, 1.165) is 16.1 Å². The van der Waals surface area contributed by atoms with Crippen LogP contribution in [0.3, 0.4) is 0 Å². The van der Waals surface area contributed by atoms with Crippen molar-refractivity contribution in [1.29, 1.82) is 0 Å². The highest BCUT2D eigenvalue weighted by Gasteiger charge is 2.10. The summed E-state index contributed by atoms with van der Waals surface area (Å²) in [5.74, 6) is 0.562. The summed E-state index contributed by atoms with van der Waals surface area (Å²) < 4.78 is 5.07. The Morgan fingerprint density at radius 3 is 3.00 bits per heavy atom. The van der Waals surface area contributed by atoms with Crippen LogP contribution in [0.25, 0.3) is 10.6 Å². The van der Waals surface area contributed by atoms with Gasteiger partial charge in [0.25, 0.3) is 0 Å². The van der Waals surface area contributed by atoms with Crippen LogP contribution in [0, 0.1) is 6.92 Å². The fourth-order valence-corrected chi connectivity index (χ4v) is 2.35. The molecule has 2 heterocycles. The summed E-state index contributed by atoms with van der Waals surface area (Å²) in [6.45, 7) is 2.60. The topological polar surface area (TPSA) is 63.9 Å². The van der Waals surface area contributed by atoms with Gasteiger partial charge >= 0.3 is 0 Å². The molecule has 2 rings (SSSR count). The van der Waals surface area contributed by atoms with Gasteiger partial charge in [0, 0.05) is 12.7 Å². The number of ether oxygens (including phenoxy) is 1. The molecule has 0 fully saturated rings. The van der Waals surface area contributed by atoms with Gasteiger partial charge in [0.1, 0.15) is 5.82 Å². The number of nitrogen functional groups attached to an aromatic ring is 1. The van der Waals surface area contributed by atoms with Crippen LogP contribution in [-0.4, -0.2) is 17.3 Å². The van der Waals surface area contributed by atoms with Crippen molar-refractivity contribution in [2.45, 2.75) is 13.5 Å². The van der Waals surface area contributed by atoms with E-state index >= 15 is 0 Å². The summed E-state index contributed by atoms with van der Waals surface area (Å²) in [7, 11) is 1.69. The van der Waals surface area contributed by atoms with Crippen molar-refractivity contribution in [3.05, 3.63) is 22.6 Å². The summed E-state index contributed by atoms with van der Waals surface area (Å²) >= 11 is 1.66. The number of aromatic amines is 1. The number of H-pyrrole nitrogens is 1. The monoisotopic (exact) mass is 223 g/mol. The number of rotatable bonds is 3. The zero-order valence-electron chi connectivity index (χ0n) is 8.70. The molecule has 0 bridgehead atoms. The van der Waals surface area contributed by atoms with Gasteiger partial charge in [0.15, 0.2) is 0 Å². The first-order valence-electron chi connectivity index (χ1n) is 4.59. The third kappa shape index (κ3) is 1.88. The highest BCUT2D eigenvalue weighted by Crippen LogP contribution is 2.30. The van der Waals surface area contributed by atoms with E-state index in [9.17, 15) is 0 Å². The molecule has 4 nitrogen and oxygen atoms in total. The zero-order valence-corrected chi connectivity index (χ0v) is 9.52. The number of aromatic nitrogens is 2. The van der Waals surface area contributed by atoms with Gasteiger partial charge in [-0.2, -0.15) is 5.10 Å². The summed E-state index contributed by atoms with van der Waals surface area (Å²) in [5, 5.41) is 8.99. The van der Waals surface area contributed by atoms with Crippen LogP contribution in [0.1, 0.15) is 11.1 Å². The molecule has 0 atom stereocenters. The Hall–Kier alpha value is -1.33. The lowest BCUT2D eigenvalue weighted by Crippen LogP contribution is -1.86. The molecule has 0 spiro atoms. The molecule has 3 N–H and O–H groups in total. The van der Waals surface area contributed by atoms with E-state index in [1.165, 1.54) is 5.56 Å². The van der Waals surface area contributed by atoms with Crippen LogP contribution in [0.5, 0.6) is 0 Å². The molecule has 5 heteroatoms. The predicted molar refractivity (Wildman–Crippen MR) is 61.8 cm³/mol. The number of nitrogens with zero attached hydrogens (tertiary/aromatic N) is 1. The van der Waals surface area contributed by atoms with Crippen LogP contribution in [0.15, 0.2) is 11.4 Å². The highest BCUT2D eigenvalue weighted by atomic mass is 32.1. The summed E-state index contributed by atoms with van der Waals surface area (Å²) in [4.78, 5) is 1.14. The molecule has 0 aliphatic carbocycles. The van der Waals surface area contributed by atoms with Gasteiger partial charge in [-0.15, -0.1) is 11.3 Å². The Labute approximate surface area is 92.1 Å². The van der Waals surface area contributed by atoms with E-state index in [1.54, 1.807) is 18.4 Å². The van der Waals surface area contributed by atoms with E-state index in [4.69, 9.17) is 10.5 Å². The van der Waals surface area contributed by atoms with Crippen molar-refractivity contribution in [3.8, 4) is 10.6 Å². The molecule has 2 aromatic heterocycles. The Morgan fingerprint density at radius 2 is 2.40 bits per heavy atom. The summed E-state index contributed by atoms with van der Waals surface area (Å²) in [6, 6.07) is 2.09. The van der Waals surface area contributed by atoms with Gasteiger partial charge < -0.3 is 10.5 Å². The van der Waals surface area contributed by atoms with Gasteiger partial charge in [-0.1, -0.05) is 0 Å². The van der Waals surface area contributed by atoms with Crippen LogP contribution in [0.4, 0.5) is 5.82 Å². The SMILES string of the molecule is COCc1csc(-c2[nH]nc(N)c2C)c1. The molecule has 0 aliphatic heterocycles. The third-order valence-electron chi connectivity index (χ3n) is 2.26. The van der Waals surface area contributed by atoms with Gasteiger partial charge in [0.05, 0.1) is 17.2 Å². The van der Waals surface area contributed by atoms with Crippen LogP contribution in [0.2, 0.25) is 0 Å². The van der Waals surface area contributed by atoms with Crippen molar-refractivity contribution in [2.24, 2.45) is 0 Å². The van der Waals surface area contributed by atoms with Gasteiger partial charge in [0.2, 0.25) is 0 Å². The van der Waals surface area contributed by atoms with Crippen molar-refractivity contribution >= 4 is 17.2 Å². The molecule has 0 saturated carbocycles. The summed E-state index contributed by atoms with van der Waals surface area (Å²) in [5.41, 5.74) is 8.85. The van der Waals surface area contributed by atoms with Crippen molar-refractivity contribution in [2.75, 3.05) is 12.8 Å². The number of hydrogen-bond donors (Lipinski definition) is 2. The molecule has 0 aromatic carbocycles. The first-order chi connectivity index (χ1) is 7.22. The van der Waals surface area contributed by atoms with E-state index in [-0.39, 0.29) is 0 Å². The Balaban J connectivity index is 2.33. The maximum absolute atomic E-state index is 5.68. The van der Waals surface area contributed by atoms with E-state index in [1.807, 2.05) is 6.92 Å². The third-order valence-corrected chi connectivity index (χ3v) is 3.26. The van der Waals surface area contributed by atoms with E-state index in [0.29, 0.717) is 12.4 Å². The van der Waals surface area contributed by atoms with Crippen LogP contribution >= 0.6 is 11.3 Å². The molecular formula is C10H13N3OS. The largest absolute Gasteiger partial charge is 0.382 e. The van der Waals surface area contributed by atoms with Gasteiger partial charge in [-0.25, -0.2) is 0 Å². The van der Waals surface area contributed by atoms with Crippen LogP contribution in [-0.2, 0) is 11.3 Å². The smallest absolute Gasteiger partial charge is 0.148 e. The molecule has 0 unspecified atom stereocenters. The lowest BCUT2D eigenvalue weighted by atomic mass is 10.2. The molecular weight excluding hydrogens is 210 g/mol.